The zero-order valence-electron chi connectivity index (χ0n) is 13.1. The lowest BCUT2D eigenvalue weighted by molar-refractivity contribution is 0.0957. The van der Waals surface area contributed by atoms with Crippen molar-refractivity contribution in [2.45, 2.75) is 18.6 Å². The summed E-state index contributed by atoms with van der Waals surface area (Å²) in [6, 6.07) is 2.02. The molecule has 1 saturated heterocycles. The van der Waals surface area contributed by atoms with Gasteiger partial charge >= 0.3 is 0 Å². The maximum Gasteiger partial charge on any atom is 0.137 e. The summed E-state index contributed by atoms with van der Waals surface area (Å²) < 4.78 is 12.6. The highest BCUT2D eigenvalue weighted by atomic mass is 16.5. The quantitative estimate of drug-likeness (QED) is 0.815. The Labute approximate surface area is 129 Å². The molecule has 0 N–H and O–H groups in total. The molecule has 0 aliphatic carbocycles. The number of hydrogen-bond donors (Lipinski definition) is 0. The Morgan fingerprint density at radius 2 is 2.14 bits per heavy atom. The highest BCUT2D eigenvalue weighted by Crippen LogP contribution is 2.29. The highest BCUT2D eigenvalue weighted by molar-refractivity contribution is 5.23. The molecule has 0 bridgehead atoms. The summed E-state index contributed by atoms with van der Waals surface area (Å²) in [5, 5.41) is 8.27. The first-order valence-electron chi connectivity index (χ1n) is 7.29. The first kappa shape index (κ1) is 14.9. The molecule has 0 aromatic carbocycles. The third kappa shape index (κ3) is 3.10. The summed E-state index contributed by atoms with van der Waals surface area (Å²) in [5.74, 6) is 1.03. The van der Waals surface area contributed by atoms with Crippen LogP contribution in [0.2, 0.25) is 0 Å². The fraction of sp³-hybridized carbons (Fsp3) is 0.533. The Morgan fingerprint density at radius 3 is 2.82 bits per heavy atom. The number of likely N-dealkylation sites (tertiary alicyclic amines) is 1. The van der Waals surface area contributed by atoms with Crippen LogP contribution in [-0.2, 0) is 18.3 Å². The first-order chi connectivity index (χ1) is 10.7. The van der Waals surface area contributed by atoms with Gasteiger partial charge in [-0.3, -0.25) is 14.6 Å². The van der Waals surface area contributed by atoms with Crippen LogP contribution in [0, 0.1) is 0 Å². The summed E-state index contributed by atoms with van der Waals surface area (Å²) in [5.41, 5.74) is 2.12. The summed E-state index contributed by atoms with van der Waals surface area (Å²) in [4.78, 5) is 6.56. The SMILES string of the molecule is COc1cncc(CN2C[C@@H](OC)[C@H](c3cn(C)nn3)C2)c1. The number of hydrogen-bond acceptors (Lipinski definition) is 6. The number of methoxy groups -OCH3 is 2. The zero-order valence-corrected chi connectivity index (χ0v) is 13.1. The monoisotopic (exact) mass is 303 g/mol. The molecule has 3 heterocycles. The summed E-state index contributed by atoms with van der Waals surface area (Å²) in [6.45, 7) is 2.59. The molecule has 118 valence electrons. The van der Waals surface area contributed by atoms with Crippen LogP contribution in [0.5, 0.6) is 5.75 Å². The van der Waals surface area contributed by atoms with E-state index in [2.05, 4.69) is 20.2 Å². The number of nitrogens with zero attached hydrogens (tertiary/aromatic N) is 5. The zero-order chi connectivity index (χ0) is 15.5. The lowest BCUT2D eigenvalue weighted by atomic mass is 10.0. The van der Waals surface area contributed by atoms with Crippen LogP contribution in [0.4, 0.5) is 0 Å². The lowest BCUT2D eigenvalue weighted by Gasteiger charge is -2.15. The van der Waals surface area contributed by atoms with Crippen molar-refractivity contribution in [2.24, 2.45) is 7.05 Å². The van der Waals surface area contributed by atoms with E-state index in [4.69, 9.17) is 9.47 Å². The normalized spacial score (nSPS) is 22.1. The Hall–Kier alpha value is -1.99. The fourth-order valence-corrected chi connectivity index (χ4v) is 2.96. The minimum atomic E-state index is 0.135. The van der Waals surface area contributed by atoms with Crippen molar-refractivity contribution < 1.29 is 9.47 Å². The molecule has 1 aliphatic heterocycles. The molecule has 3 rings (SSSR count). The molecular weight excluding hydrogens is 282 g/mol. The van der Waals surface area contributed by atoms with Crippen molar-refractivity contribution in [2.75, 3.05) is 27.3 Å². The summed E-state index contributed by atoms with van der Waals surface area (Å²) >= 11 is 0. The topological polar surface area (TPSA) is 65.3 Å². The van der Waals surface area contributed by atoms with Gasteiger partial charge in [-0.05, 0) is 11.6 Å². The van der Waals surface area contributed by atoms with E-state index in [1.807, 2.05) is 25.5 Å². The molecule has 1 fully saturated rings. The summed E-state index contributed by atoms with van der Waals surface area (Å²) in [7, 11) is 5.29. The molecule has 7 nitrogen and oxygen atoms in total. The van der Waals surface area contributed by atoms with E-state index < -0.39 is 0 Å². The van der Waals surface area contributed by atoms with Gasteiger partial charge in [0, 0.05) is 52.1 Å². The van der Waals surface area contributed by atoms with Crippen molar-refractivity contribution in [1.29, 1.82) is 0 Å². The Morgan fingerprint density at radius 1 is 1.27 bits per heavy atom. The van der Waals surface area contributed by atoms with Gasteiger partial charge in [-0.1, -0.05) is 5.21 Å². The maximum atomic E-state index is 5.64. The molecule has 0 unspecified atom stereocenters. The van der Waals surface area contributed by atoms with Gasteiger partial charge in [-0.15, -0.1) is 5.10 Å². The number of pyridine rings is 1. The highest BCUT2D eigenvalue weighted by Gasteiger charge is 2.35. The standard InChI is InChI=1S/C15H21N5O2/c1-19-9-14(17-18-19)13-8-20(10-15(13)22-3)7-11-4-12(21-2)6-16-5-11/h4-6,9,13,15H,7-8,10H2,1-3H3/t13-,15+/m0/s1. The van der Waals surface area contributed by atoms with Crippen LogP contribution in [-0.4, -0.2) is 58.3 Å². The van der Waals surface area contributed by atoms with Gasteiger partial charge < -0.3 is 9.47 Å². The molecule has 2 aromatic rings. The lowest BCUT2D eigenvalue weighted by Crippen LogP contribution is -2.22. The molecule has 2 aromatic heterocycles. The number of aryl methyl sites for hydroxylation is 1. The van der Waals surface area contributed by atoms with Crippen LogP contribution in [0.3, 0.4) is 0 Å². The van der Waals surface area contributed by atoms with Crippen LogP contribution in [0.15, 0.2) is 24.7 Å². The second-order valence-electron chi connectivity index (χ2n) is 5.62. The molecule has 1 aliphatic rings. The van der Waals surface area contributed by atoms with Gasteiger partial charge in [-0.25, -0.2) is 0 Å². The van der Waals surface area contributed by atoms with E-state index in [0.717, 1.165) is 36.6 Å². The Kier molecular flexibility index (Phi) is 4.35. The van der Waals surface area contributed by atoms with Crippen LogP contribution < -0.4 is 4.74 Å². The van der Waals surface area contributed by atoms with E-state index in [9.17, 15) is 0 Å². The van der Waals surface area contributed by atoms with Crippen LogP contribution >= 0.6 is 0 Å². The maximum absolute atomic E-state index is 5.64. The van der Waals surface area contributed by atoms with E-state index in [-0.39, 0.29) is 12.0 Å². The number of aromatic nitrogens is 4. The van der Waals surface area contributed by atoms with Crippen molar-refractivity contribution in [3.8, 4) is 5.75 Å². The van der Waals surface area contributed by atoms with Crippen molar-refractivity contribution in [1.82, 2.24) is 24.9 Å². The molecule has 0 amide bonds. The number of ether oxygens (including phenoxy) is 2. The first-order valence-corrected chi connectivity index (χ1v) is 7.29. The summed E-state index contributed by atoms with van der Waals surface area (Å²) in [6.07, 6.45) is 5.69. The van der Waals surface area contributed by atoms with Gasteiger partial charge in [0.1, 0.15) is 5.75 Å². The van der Waals surface area contributed by atoms with Crippen LogP contribution in [0.25, 0.3) is 0 Å². The molecule has 22 heavy (non-hydrogen) atoms. The van der Waals surface area contributed by atoms with Gasteiger partial charge in [0.15, 0.2) is 0 Å². The molecular formula is C15H21N5O2. The van der Waals surface area contributed by atoms with Crippen molar-refractivity contribution >= 4 is 0 Å². The minimum absolute atomic E-state index is 0.135. The van der Waals surface area contributed by atoms with Gasteiger partial charge in [-0.2, -0.15) is 0 Å². The molecule has 0 radical (unpaired) electrons. The second kappa shape index (κ2) is 6.41. The van der Waals surface area contributed by atoms with Crippen molar-refractivity contribution in [3.63, 3.8) is 0 Å². The second-order valence-corrected chi connectivity index (χ2v) is 5.62. The fourth-order valence-electron chi connectivity index (χ4n) is 2.96. The van der Waals surface area contributed by atoms with E-state index in [0.29, 0.717) is 0 Å². The van der Waals surface area contributed by atoms with Gasteiger partial charge in [0.25, 0.3) is 0 Å². The van der Waals surface area contributed by atoms with Gasteiger partial charge in [0.05, 0.1) is 25.1 Å². The average molecular weight is 303 g/mol. The van der Waals surface area contributed by atoms with E-state index >= 15 is 0 Å². The van der Waals surface area contributed by atoms with E-state index in [1.165, 1.54) is 0 Å². The van der Waals surface area contributed by atoms with Crippen LogP contribution in [0.1, 0.15) is 17.2 Å². The van der Waals surface area contributed by atoms with Crippen molar-refractivity contribution in [3.05, 3.63) is 35.9 Å². The number of rotatable bonds is 5. The predicted octanol–water partition coefficient (Wildman–Crippen LogP) is 0.833. The minimum Gasteiger partial charge on any atom is -0.495 e. The average Bonchev–Trinajstić information content (AvgIpc) is 3.13. The predicted molar refractivity (Wildman–Crippen MR) is 80.6 cm³/mol. The van der Waals surface area contributed by atoms with E-state index in [1.54, 1.807) is 25.1 Å². The molecule has 7 heteroatoms. The third-order valence-electron chi connectivity index (χ3n) is 4.06. The Bertz CT molecular complexity index is 630. The smallest absolute Gasteiger partial charge is 0.137 e. The molecule has 0 saturated carbocycles. The Balaban J connectivity index is 1.71. The molecule has 2 atom stereocenters. The molecule has 0 spiro atoms. The van der Waals surface area contributed by atoms with Gasteiger partial charge in [0.2, 0.25) is 0 Å². The largest absolute Gasteiger partial charge is 0.495 e. The third-order valence-corrected chi connectivity index (χ3v) is 4.06.